The van der Waals surface area contributed by atoms with Crippen LogP contribution in [0.2, 0.25) is 0 Å². The standard InChI is InChI=1S/C23H31ClN2O5/c1-27-20-8-6-5-7-19(20)26-11-9-25(10-12-26)15-17(24)16-31-18-13-21(28-2)23(30-4)22(14-18)29-3/h5-8,13-14,17H,9-12,15-16H2,1-4H3. The Labute approximate surface area is 189 Å². The monoisotopic (exact) mass is 450 g/mol. The highest BCUT2D eigenvalue weighted by Crippen LogP contribution is 2.40. The fourth-order valence-electron chi connectivity index (χ4n) is 3.72. The van der Waals surface area contributed by atoms with Crippen LogP contribution in [0.5, 0.6) is 28.7 Å². The molecule has 1 fully saturated rings. The first kappa shape index (κ1) is 23.2. The van der Waals surface area contributed by atoms with Gasteiger partial charge in [-0.3, -0.25) is 4.90 Å². The van der Waals surface area contributed by atoms with Crippen LogP contribution in [-0.4, -0.2) is 78.0 Å². The Balaban J connectivity index is 1.50. The molecule has 31 heavy (non-hydrogen) atoms. The molecule has 0 amide bonds. The van der Waals surface area contributed by atoms with Gasteiger partial charge in [-0.25, -0.2) is 0 Å². The van der Waals surface area contributed by atoms with Crippen LogP contribution in [0, 0.1) is 0 Å². The Bertz CT molecular complexity index is 817. The number of methoxy groups -OCH3 is 4. The highest BCUT2D eigenvalue weighted by molar-refractivity contribution is 6.20. The van der Waals surface area contributed by atoms with E-state index in [-0.39, 0.29) is 5.38 Å². The number of halogens is 1. The van der Waals surface area contributed by atoms with Crippen molar-refractivity contribution >= 4 is 17.3 Å². The number of hydrogen-bond acceptors (Lipinski definition) is 7. The van der Waals surface area contributed by atoms with Crippen LogP contribution in [0.1, 0.15) is 0 Å². The lowest BCUT2D eigenvalue weighted by Crippen LogP contribution is -2.48. The van der Waals surface area contributed by atoms with Crippen molar-refractivity contribution in [3.63, 3.8) is 0 Å². The minimum atomic E-state index is -0.142. The van der Waals surface area contributed by atoms with Gasteiger partial charge < -0.3 is 28.6 Å². The van der Waals surface area contributed by atoms with Gasteiger partial charge in [-0.2, -0.15) is 0 Å². The number of benzene rings is 2. The van der Waals surface area contributed by atoms with E-state index in [0.717, 1.165) is 44.2 Å². The summed E-state index contributed by atoms with van der Waals surface area (Å²) in [5.41, 5.74) is 1.14. The van der Waals surface area contributed by atoms with Crippen molar-refractivity contribution in [2.75, 3.05) is 72.7 Å². The summed E-state index contributed by atoms with van der Waals surface area (Å²) in [7, 11) is 6.44. The van der Waals surface area contributed by atoms with E-state index in [1.54, 1.807) is 40.6 Å². The smallest absolute Gasteiger partial charge is 0.203 e. The Morgan fingerprint density at radius 3 is 2.03 bits per heavy atom. The van der Waals surface area contributed by atoms with E-state index in [1.165, 1.54) is 0 Å². The predicted octanol–water partition coefficient (Wildman–Crippen LogP) is 3.53. The highest BCUT2D eigenvalue weighted by Gasteiger charge is 2.22. The van der Waals surface area contributed by atoms with E-state index < -0.39 is 0 Å². The molecule has 1 saturated heterocycles. The van der Waals surface area contributed by atoms with Gasteiger partial charge in [-0.15, -0.1) is 11.6 Å². The van der Waals surface area contributed by atoms with E-state index in [9.17, 15) is 0 Å². The third kappa shape index (κ3) is 5.80. The number of ether oxygens (including phenoxy) is 5. The molecule has 1 atom stereocenters. The number of para-hydroxylation sites is 2. The maximum absolute atomic E-state index is 6.58. The van der Waals surface area contributed by atoms with Crippen LogP contribution >= 0.6 is 11.6 Å². The van der Waals surface area contributed by atoms with Gasteiger partial charge in [0.15, 0.2) is 11.5 Å². The van der Waals surface area contributed by atoms with Crippen LogP contribution in [0.25, 0.3) is 0 Å². The molecular weight excluding hydrogens is 420 g/mol. The third-order valence-corrected chi connectivity index (χ3v) is 5.59. The second-order valence-corrected chi connectivity index (χ2v) is 7.85. The lowest BCUT2D eigenvalue weighted by molar-refractivity contribution is 0.226. The van der Waals surface area contributed by atoms with E-state index in [2.05, 4.69) is 15.9 Å². The Morgan fingerprint density at radius 1 is 0.839 bits per heavy atom. The summed E-state index contributed by atoms with van der Waals surface area (Å²) in [6, 6.07) is 11.7. The zero-order valence-electron chi connectivity index (χ0n) is 18.6. The molecule has 0 radical (unpaired) electrons. The lowest BCUT2D eigenvalue weighted by Gasteiger charge is -2.37. The average molecular weight is 451 g/mol. The van der Waals surface area contributed by atoms with Crippen LogP contribution < -0.4 is 28.6 Å². The van der Waals surface area contributed by atoms with Crippen molar-refractivity contribution in [3.8, 4) is 28.7 Å². The van der Waals surface area contributed by atoms with Crippen LogP contribution in [0.4, 0.5) is 5.69 Å². The molecular formula is C23H31ClN2O5. The topological polar surface area (TPSA) is 52.6 Å². The van der Waals surface area contributed by atoms with Crippen molar-refractivity contribution in [3.05, 3.63) is 36.4 Å². The molecule has 2 aromatic rings. The summed E-state index contributed by atoms with van der Waals surface area (Å²) in [5, 5.41) is -0.142. The van der Waals surface area contributed by atoms with Gasteiger partial charge in [0.05, 0.1) is 39.5 Å². The lowest BCUT2D eigenvalue weighted by atomic mass is 10.2. The summed E-state index contributed by atoms with van der Waals surface area (Å²) in [6.07, 6.45) is 0. The zero-order valence-corrected chi connectivity index (χ0v) is 19.4. The molecule has 0 spiro atoms. The molecule has 1 aliphatic rings. The molecule has 0 saturated carbocycles. The summed E-state index contributed by atoms with van der Waals surface area (Å²) in [6.45, 7) is 4.87. The van der Waals surface area contributed by atoms with Gasteiger partial charge in [0.25, 0.3) is 0 Å². The van der Waals surface area contributed by atoms with Crippen molar-refractivity contribution in [1.29, 1.82) is 0 Å². The van der Waals surface area contributed by atoms with E-state index >= 15 is 0 Å². The molecule has 8 heteroatoms. The van der Waals surface area contributed by atoms with Crippen LogP contribution in [0.15, 0.2) is 36.4 Å². The van der Waals surface area contributed by atoms with E-state index in [1.807, 2.05) is 18.2 Å². The van der Waals surface area contributed by atoms with Gasteiger partial charge in [-0.05, 0) is 12.1 Å². The zero-order chi connectivity index (χ0) is 22.2. The Morgan fingerprint density at radius 2 is 1.45 bits per heavy atom. The highest BCUT2D eigenvalue weighted by atomic mass is 35.5. The van der Waals surface area contributed by atoms with Crippen molar-refractivity contribution in [2.24, 2.45) is 0 Å². The van der Waals surface area contributed by atoms with Crippen LogP contribution in [0.3, 0.4) is 0 Å². The van der Waals surface area contributed by atoms with Crippen molar-refractivity contribution in [2.45, 2.75) is 5.38 Å². The average Bonchev–Trinajstić information content (AvgIpc) is 2.82. The number of hydrogen-bond donors (Lipinski definition) is 0. The molecule has 2 aromatic carbocycles. The number of anilines is 1. The number of rotatable bonds is 10. The molecule has 0 aliphatic carbocycles. The van der Waals surface area contributed by atoms with Gasteiger partial charge in [-0.1, -0.05) is 12.1 Å². The van der Waals surface area contributed by atoms with E-state index in [4.69, 9.17) is 35.3 Å². The first-order chi connectivity index (χ1) is 15.1. The normalized spacial score (nSPS) is 15.3. The molecule has 170 valence electrons. The molecule has 3 rings (SSSR count). The minimum Gasteiger partial charge on any atom is -0.495 e. The largest absolute Gasteiger partial charge is 0.495 e. The van der Waals surface area contributed by atoms with Gasteiger partial charge in [0.2, 0.25) is 5.75 Å². The molecule has 0 aromatic heterocycles. The third-order valence-electron chi connectivity index (χ3n) is 5.32. The Hall–Kier alpha value is -2.51. The number of piperazine rings is 1. The molecule has 0 bridgehead atoms. The van der Waals surface area contributed by atoms with E-state index in [0.29, 0.717) is 29.6 Å². The van der Waals surface area contributed by atoms with Gasteiger partial charge in [0.1, 0.15) is 18.1 Å². The summed E-state index contributed by atoms with van der Waals surface area (Å²) in [5.74, 6) is 3.17. The molecule has 1 unspecified atom stereocenters. The molecule has 7 nitrogen and oxygen atoms in total. The fraction of sp³-hybridized carbons (Fsp3) is 0.478. The SMILES string of the molecule is COc1ccccc1N1CCN(CC(Cl)COc2cc(OC)c(OC)c(OC)c2)CC1. The summed E-state index contributed by atoms with van der Waals surface area (Å²) < 4.78 is 27.5. The second-order valence-electron chi connectivity index (χ2n) is 7.23. The first-order valence-corrected chi connectivity index (χ1v) is 10.7. The maximum Gasteiger partial charge on any atom is 0.203 e. The van der Waals surface area contributed by atoms with Crippen molar-refractivity contribution < 1.29 is 23.7 Å². The Kier molecular flexibility index (Phi) is 8.37. The van der Waals surface area contributed by atoms with Crippen molar-refractivity contribution in [1.82, 2.24) is 4.90 Å². The number of nitrogens with zero attached hydrogens (tertiary/aromatic N) is 2. The molecule has 1 heterocycles. The molecule has 0 N–H and O–H groups in total. The number of alkyl halides is 1. The second kappa shape index (κ2) is 11.2. The quantitative estimate of drug-likeness (QED) is 0.513. The maximum atomic E-state index is 6.58. The first-order valence-electron chi connectivity index (χ1n) is 10.3. The molecule has 1 aliphatic heterocycles. The minimum absolute atomic E-state index is 0.142. The van der Waals surface area contributed by atoms with Gasteiger partial charge >= 0.3 is 0 Å². The van der Waals surface area contributed by atoms with Gasteiger partial charge in [0, 0.05) is 44.9 Å². The fourth-order valence-corrected chi connectivity index (χ4v) is 3.98. The predicted molar refractivity (Wildman–Crippen MR) is 123 cm³/mol. The van der Waals surface area contributed by atoms with Crippen LogP contribution in [-0.2, 0) is 0 Å². The summed E-state index contributed by atoms with van der Waals surface area (Å²) in [4.78, 5) is 4.72. The summed E-state index contributed by atoms with van der Waals surface area (Å²) >= 11 is 6.58.